The first kappa shape index (κ1) is 16.6. The highest BCUT2D eigenvalue weighted by molar-refractivity contribution is 5.91. The zero-order chi connectivity index (χ0) is 15.8. The van der Waals surface area contributed by atoms with Gasteiger partial charge in [-0.15, -0.1) is 0 Å². The second kappa shape index (κ2) is 8.01. The molecule has 0 saturated carbocycles. The lowest BCUT2D eigenvalue weighted by Crippen LogP contribution is -2.53. The molecule has 0 bridgehead atoms. The van der Waals surface area contributed by atoms with Crippen LogP contribution in [0.2, 0.25) is 0 Å². The van der Waals surface area contributed by atoms with Crippen LogP contribution < -0.4 is 22.1 Å². The fourth-order valence-corrected chi connectivity index (χ4v) is 1.70. The van der Waals surface area contributed by atoms with Crippen LogP contribution in [-0.2, 0) is 20.8 Å². The molecule has 7 nitrogen and oxygen atoms in total. The van der Waals surface area contributed by atoms with E-state index in [0.29, 0.717) is 6.42 Å². The molecule has 1 aromatic carbocycles. The average molecular weight is 292 g/mol. The molecule has 0 spiro atoms. The molecule has 114 valence electrons. The van der Waals surface area contributed by atoms with Crippen molar-refractivity contribution in [1.29, 1.82) is 0 Å². The lowest BCUT2D eigenvalue weighted by molar-refractivity contribution is -0.130. The van der Waals surface area contributed by atoms with E-state index in [1.165, 1.54) is 6.92 Å². The van der Waals surface area contributed by atoms with E-state index in [-0.39, 0.29) is 6.54 Å². The van der Waals surface area contributed by atoms with Crippen LogP contribution in [-0.4, -0.2) is 36.3 Å². The van der Waals surface area contributed by atoms with Gasteiger partial charge >= 0.3 is 0 Å². The molecule has 0 saturated heterocycles. The van der Waals surface area contributed by atoms with Crippen LogP contribution in [0.5, 0.6) is 0 Å². The predicted molar refractivity (Wildman–Crippen MR) is 77.9 cm³/mol. The van der Waals surface area contributed by atoms with Crippen molar-refractivity contribution in [3.05, 3.63) is 35.9 Å². The van der Waals surface area contributed by atoms with Gasteiger partial charge in [0.15, 0.2) is 0 Å². The number of nitrogens with one attached hydrogen (secondary N) is 2. The highest BCUT2D eigenvalue weighted by Crippen LogP contribution is 2.04. The summed E-state index contributed by atoms with van der Waals surface area (Å²) in [5.41, 5.74) is 11.2. The molecule has 0 fully saturated rings. The Morgan fingerprint density at radius 2 is 1.76 bits per heavy atom. The molecule has 7 heteroatoms. The van der Waals surface area contributed by atoms with Crippen LogP contribution in [0.25, 0.3) is 0 Å². The van der Waals surface area contributed by atoms with Crippen LogP contribution in [0.3, 0.4) is 0 Å². The lowest BCUT2D eigenvalue weighted by Gasteiger charge is -2.20. The molecule has 21 heavy (non-hydrogen) atoms. The summed E-state index contributed by atoms with van der Waals surface area (Å²) in [6.07, 6.45) is 0.296. The standard InChI is InChI=1S/C14H20N4O3/c1-9(13(16)20)17-14(21)11(18-12(19)8-15)7-10-5-3-2-4-6-10/h2-6,9,11H,7-8,15H2,1H3,(H2,16,20)(H,17,21)(H,18,19)/t9-,11-/m0/s1. The Bertz CT molecular complexity index is 504. The number of rotatable bonds is 7. The quantitative estimate of drug-likeness (QED) is 0.496. The van der Waals surface area contributed by atoms with Gasteiger partial charge in [0, 0.05) is 6.42 Å². The maximum absolute atomic E-state index is 12.1. The summed E-state index contributed by atoms with van der Waals surface area (Å²) in [5.74, 6) is -1.57. The van der Waals surface area contributed by atoms with Crippen molar-refractivity contribution < 1.29 is 14.4 Å². The molecule has 0 heterocycles. The minimum absolute atomic E-state index is 0.218. The van der Waals surface area contributed by atoms with Crippen LogP contribution in [0.1, 0.15) is 12.5 Å². The maximum atomic E-state index is 12.1. The van der Waals surface area contributed by atoms with Gasteiger partial charge < -0.3 is 22.1 Å². The summed E-state index contributed by atoms with van der Waals surface area (Å²) in [4.78, 5) is 34.6. The van der Waals surface area contributed by atoms with Gasteiger partial charge in [-0.1, -0.05) is 30.3 Å². The van der Waals surface area contributed by atoms with Crippen molar-refractivity contribution in [2.75, 3.05) is 6.54 Å². The molecule has 0 aliphatic carbocycles. The van der Waals surface area contributed by atoms with Gasteiger partial charge in [-0.05, 0) is 12.5 Å². The minimum Gasteiger partial charge on any atom is -0.368 e. The predicted octanol–water partition coefficient (Wildman–Crippen LogP) is -1.34. The van der Waals surface area contributed by atoms with Gasteiger partial charge in [0.2, 0.25) is 17.7 Å². The zero-order valence-electron chi connectivity index (χ0n) is 11.8. The Kier molecular flexibility index (Phi) is 6.35. The second-order valence-corrected chi connectivity index (χ2v) is 4.65. The van der Waals surface area contributed by atoms with Gasteiger partial charge in [0.25, 0.3) is 0 Å². The van der Waals surface area contributed by atoms with Crippen LogP contribution in [0, 0.1) is 0 Å². The molecular weight excluding hydrogens is 272 g/mol. The van der Waals surface area contributed by atoms with E-state index in [2.05, 4.69) is 10.6 Å². The summed E-state index contributed by atoms with van der Waals surface area (Å²) in [6, 6.07) is 7.57. The first-order valence-electron chi connectivity index (χ1n) is 6.57. The minimum atomic E-state index is -0.815. The molecular formula is C14H20N4O3. The maximum Gasteiger partial charge on any atom is 0.243 e. The number of nitrogens with two attached hydrogens (primary N) is 2. The monoisotopic (exact) mass is 292 g/mol. The molecule has 3 amide bonds. The normalized spacial score (nSPS) is 13.0. The third-order valence-electron chi connectivity index (χ3n) is 2.91. The summed E-state index contributed by atoms with van der Waals surface area (Å²) < 4.78 is 0. The molecule has 2 atom stereocenters. The SMILES string of the molecule is C[C@H](NC(=O)[C@H](Cc1ccccc1)NC(=O)CN)C(N)=O. The molecule has 0 radical (unpaired) electrons. The fourth-order valence-electron chi connectivity index (χ4n) is 1.70. The Morgan fingerprint density at radius 1 is 1.14 bits per heavy atom. The first-order valence-corrected chi connectivity index (χ1v) is 6.57. The number of carbonyl (C=O) groups is 3. The van der Waals surface area contributed by atoms with Crippen molar-refractivity contribution in [2.24, 2.45) is 11.5 Å². The molecule has 1 aromatic rings. The number of primary amides is 1. The van der Waals surface area contributed by atoms with E-state index >= 15 is 0 Å². The summed E-state index contributed by atoms with van der Waals surface area (Å²) in [5, 5.41) is 4.99. The highest BCUT2D eigenvalue weighted by atomic mass is 16.2. The average Bonchev–Trinajstić information content (AvgIpc) is 2.47. The molecule has 0 aliphatic heterocycles. The Labute approximate surface area is 123 Å². The molecule has 0 aromatic heterocycles. The first-order chi connectivity index (χ1) is 9.93. The summed E-state index contributed by atoms with van der Waals surface area (Å²) >= 11 is 0. The largest absolute Gasteiger partial charge is 0.368 e. The number of hydrogen-bond donors (Lipinski definition) is 4. The van der Waals surface area contributed by atoms with Gasteiger partial charge in [-0.2, -0.15) is 0 Å². The summed E-state index contributed by atoms with van der Waals surface area (Å²) in [6.45, 7) is 1.26. The van der Waals surface area contributed by atoms with E-state index in [9.17, 15) is 14.4 Å². The number of amides is 3. The summed E-state index contributed by atoms with van der Waals surface area (Å²) in [7, 11) is 0. The van der Waals surface area contributed by atoms with Crippen LogP contribution >= 0.6 is 0 Å². The smallest absolute Gasteiger partial charge is 0.243 e. The van der Waals surface area contributed by atoms with Crippen molar-refractivity contribution >= 4 is 17.7 Å². The highest BCUT2D eigenvalue weighted by Gasteiger charge is 2.23. The third kappa shape index (κ3) is 5.62. The number of benzene rings is 1. The van der Waals surface area contributed by atoms with Crippen LogP contribution in [0.15, 0.2) is 30.3 Å². The molecule has 6 N–H and O–H groups in total. The molecule has 0 aliphatic rings. The number of hydrogen-bond acceptors (Lipinski definition) is 4. The fraction of sp³-hybridized carbons (Fsp3) is 0.357. The van der Waals surface area contributed by atoms with Crippen molar-refractivity contribution in [1.82, 2.24) is 10.6 Å². The van der Waals surface area contributed by atoms with Gasteiger partial charge in [0.1, 0.15) is 12.1 Å². The Morgan fingerprint density at radius 3 is 2.29 bits per heavy atom. The Balaban J connectivity index is 2.78. The zero-order valence-corrected chi connectivity index (χ0v) is 11.8. The third-order valence-corrected chi connectivity index (χ3v) is 2.91. The van der Waals surface area contributed by atoms with Crippen molar-refractivity contribution in [2.45, 2.75) is 25.4 Å². The van der Waals surface area contributed by atoms with Crippen molar-refractivity contribution in [3.63, 3.8) is 0 Å². The van der Waals surface area contributed by atoms with E-state index in [1.807, 2.05) is 30.3 Å². The van der Waals surface area contributed by atoms with E-state index in [1.54, 1.807) is 0 Å². The van der Waals surface area contributed by atoms with E-state index < -0.39 is 29.8 Å². The van der Waals surface area contributed by atoms with Gasteiger partial charge in [-0.25, -0.2) is 0 Å². The van der Waals surface area contributed by atoms with E-state index in [4.69, 9.17) is 11.5 Å². The van der Waals surface area contributed by atoms with Gasteiger partial charge in [0.05, 0.1) is 6.54 Å². The molecule has 0 unspecified atom stereocenters. The van der Waals surface area contributed by atoms with Crippen molar-refractivity contribution in [3.8, 4) is 0 Å². The topological polar surface area (TPSA) is 127 Å². The Hall–Kier alpha value is -2.41. The second-order valence-electron chi connectivity index (χ2n) is 4.65. The molecule has 1 rings (SSSR count). The van der Waals surface area contributed by atoms with E-state index in [0.717, 1.165) is 5.56 Å². The lowest BCUT2D eigenvalue weighted by atomic mass is 10.0. The van der Waals surface area contributed by atoms with Crippen LogP contribution in [0.4, 0.5) is 0 Å². The number of carbonyl (C=O) groups excluding carboxylic acids is 3. The van der Waals surface area contributed by atoms with Gasteiger partial charge in [-0.3, -0.25) is 14.4 Å².